The Labute approximate surface area is 127 Å². The molecule has 1 heterocycles. The van der Waals surface area contributed by atoms with Crippen LogP contribution >= 0.6 is 0 Å². The lowest BCUT2D eigenvalue weighted by molar-refractivity contribution is -0.136. The third-order valence-corrected chi connectivity index (χ3v) is 6.36. The number of hydrogen-bond donors (Lipinski definition) is 0. The fourth-order valence-corrected chi connectivity index (χ4v) is 4.59. The van der Waals surface area contributed by atoms with E-state index in [2.05, 4.69) is 0 Å². The number of sulfonamides is 1. The molecule has 0 bridgehead atoms. The van der Waals surface area contributed by atoms with Gasteiger partial charge in [-0.05, 0) is 19.3 Å². The number of methoxy groups -OCH3 is 1. The normalized spacial score (nSPS) is 21.9. The Kier molecular flexibility index (Phi) is 6.01. The van der Waals surface area contributed by atoms with Crippen molar-refractivity contribution in [3.8, 4) is 0 Å². The third-order valence-electron chi connectivity index (χ3n) is 4.40. The minimum Gasteiger partial charge on any atom is -0.385 e. The van der Waals surface area contributed by atoms with Crippen LogP contribution in [0.4, 0.5) is 0 Å². The average molecular weight is 318 g/mol. The lowest BCUT2D eigenvalue weighted by Crippen LogP contribution is -2.52. The van der Waals surface area contributed by atoms with Crippen molar-refractivity contribution >= 4 is 15.9 Å². The van der Waals surface area contributed by atoms with Crippen molar-refractivity contribution in [2.24, 2.45) is 5.92 Å². The molecule has 1 amide bonds. The quantitative estimate of drug-likeness (QED) is 0.676. The van der Waals surface area contributed by atoms with Crippen LogP contribution in [0, 0.1) is 5.92 Å². The second-order valence-electron chi connectivity index (χ2n) is 5.87. The average Bonchev–Trinajstić information content (AvgIpc) is 3.01. The van der Waals surface area contributed by atoms with Crippen molar-refractivity contribution in [3.05, 3.63) is 0 Å². The zero-order chi connectivity index (χ0) is 15.3. The van der Waals surface area contributed by atoms with Crippen molar-refractivity contribution in [2.75, 3.05) is 45.6 Å². The lowest BCUT2D eigenvalue weighted by Gasteiger charge is -2.35. The fraction of sp³-hybridized carbons (Fsp3) is 0.929. The molecule has 6 nitrogen and oxygen atoms in total. The van der Waals surface area contributed by atoms with Crippen LogP contribution in [0.3, 0.4) is 0 Å². The summed E-state index contributed by atoms with van der Waals surface area (Å²) in [7, 11) is -1.64. The van der Waals surface area contributed by atoms with Crippen molar-refractivity contribution < 1.29 is 17.9 Å². The molecule has 0 spiro atoms. The van der Waals surface area contributed by atoms with Gasteiger partial charge in [0, 0.05) is 45.8 Å². The van der Waals surface area contributed by atoms with Gasteiger partial charge >= 0.3 is 0 Å². The van der Waals surface area contributed by atoms with Crippen LogP contribution in [-0.2, 0) is 19.6 Å². The molecule has 0 aromatic rings. The van der Waals surface area contributed by atoms with Gasteiger partial charge in [-0.1, -0.05) is 12.8 Å². The van der Waals surface area contributed by atoms with E-state index < -0.39 is 10.0 Å². The Morgan fingerprint density at radius 1 is 1.14 bits per heavy atom. The molecule has 2 fully saturated rings. The van der Waals surface area contributed by atoms with Crippen LogP contribution in [0.2, 0.25) is 0 Å². The predicted molar refractivity (Wildman–Crippen MR) is 80.4 cm³/mol. The highest BCUT2D eigenvalue weighted by molar-refractivity contribution is 7.89. The maximum atomic E-state index is 12.3. The van der Waals surface area contributed by atoms with Gasteiger partial charge in [0.15, 0.2) is 0 Å². The number of amides is 1. The zero-order valence-electron chi connectivity index (χ0n) is 12.8. The fourth-order valence-electron chi connectivity index (χ4n) is 3.13. The highest BCUT2D eigenvalue weighted by Gasteiger charge is 2.32. The number of carbonyl (C=O) groups is 1. The molecule has 122 valence electrons. The van der Waals surface area contributed by atoms with Crippen molar-refractivity contribution in [2.45, 2.75) is 32.1 Å². The van der Waals surface area contributed by atoms with Gasteiger partial charge in [0.25, 0.3) is 0 Å². The van der Waals surface area contributed by atoms with E-state index in [0.717, 1.165) is 25.7 Å². The van der Waals surface area contributed by atoms with E-state index in [1.807, 2.05) is 4.90 Å². The summed E-state index contributed by atoms with van der Waals surface area (Å²) >= 11 is 0. The number of ether oxygens (including phenoxy) is 1. The number of piperazine rings is 1. The predicted octanol–water partition coefficient (Wildman–Crippen LogP) is 0.687. The van der Waals surface area contributed by atoms with E-state index in [1.165, 1.54) is 4.31 Å². The largest absolute Gasteiger partial charge is 0.385 e. The second kappa shape index (κ2) is 7.56. The Morgan fingerprint density at radius 2 is 1.76 bits per heavy atom. The molecule has 7 heteroatoms. The van der Waals surface area contributed by atoms with Gasteiger partial charge < -0.3 is 9.64 Å². The van der Waals surface area contributed by atoms with E-state index >= 15 is 0 Å². The third kappa shape index (κ3) is 4.40. The highest BCUT2D eigenvalue weighted by atomic mass is 32.2. The van der Waals surface area contributed by atoms with Crippen molar-refractivity contribution in [1.29, 1.82) is 0 Å². The molecular formula is C14H26N2O4S. The topological polar surface area (TPSA) is 66.9 Å². The number of rotatable bonds is 6. The van der Waals surface area contributed by atoms with Gasteiger partial charge in [0.05, 0.1) is 5.75 Å². The molecule has 0 aromatic heterocycles. The minimum atomic E-state index is -3.21. The molecule has 21 heavy (non-hydrogen) atoms. The van der Waals surface area contributed by atoms with E-state index in [4.69, 9.17) is 4.74 Å². The van der Waals surface area contributed by atoms with Gasteiger partial charge in [-0.15, -0.1) is 0 Å². The van der Waals surface area contributed by atoms with E-state index in [-0.39, 0.29) is 17.6 Å². The molecule has 1 aliphatic heterocycles. The first kappa shape index (κ1) is 16.7. The smallest absolute Gasteiger partial charge is 0.225 e. The van der Waals surface area contributed by atoms with Crippen LogP contribution in [0.15, 0.2) is 0 Å². The summed E-state index contributed by atoms with van der Waals surface area (Å²) in [4.78, 5) is 14.2. The SMILES string of the molecule is COCCCS(=O)(=O)N1CCN(C(=O)C2CCCC2)CC1. The van der Waals surface area contributed by atoms with Gasteiger partial charge in [0.2, 0.25) is 15.9 Å². The molecule has 2 rings (SSSR count). The number of hydrogen-bond acceptors (Lipinski definition) is 4. The molecule has 0 radical (unpaired) electrons. The molecular weight excluding hydrogens is 292 g/mol. The first-order valence-corrected chi connectivity index (χ1v) is 9.41. The first-order chi connectivity index (χ1) is 10.0. The minimum absolute atomic E-state index is 0.122. The van der Waals surface area contributed by atoms with Crippen LogP contribution < -0.4 is 0 Å². The molecule has 0 atom stereocenters. The Morgan fingerprint density at radius 3 is 2.33 bits per heavy atom. The van der Waals surface area contributed by atoms with Gasteiger partial charge in [-0.2, -0.15) is 4.31 Å². The maximum Gasteiger partial charge on any atom is 0.225 e. The zero-order valence-corrected chi connectivity index (χ0v) is 13.6. The van der Waals surface area contributed by atoms with E-state index in [1.54, 1.807) is 7.11 Å². The number of nitrogens with zero attached hydrogens (tertiary/aromatic N) is 2. The summed E-state index contributed by atoms with van der Waals surface area (Å²) in [5.74, 6) is 0.524. The summed E-state index contributed by atoms with van der Waals surface area (Å²) in [5, 5.41) is 0. The highest BCUT2D eigenvalue weighted by Crippen LogP contribution is 2.27. The summed E-state index contributed by atoms with van der Waals surface area (Å²) in [5.41, 5.74) is 0. The maximum absolute atomic E-state index is 12.3. The Hall–Kier alpha value is -0.660. The van der Waals surface area contributed by atoms with Crippen molar-refractivity contribution in [3.63, 3.8) is 0 Å². The Bertz CT molecular complexity index is 438. The van der Waals surface area contributed by atoms with Crippen LogP contribution in [0.1, 0.15) is 32.1 Å². The summed E-state index contributed by atoms with van der Waals surface area (Å²) in [6.45, 7) is 2.36. The van der Waals surface area contributed by atoms with Gasteiger partial charge in [-0.25, -0.2) is 8.42 Å². The van der Waals surface area contributed by atoms with Gasteiger partial charge in [0.1, 0.15) is 0 Å². The van der Waals surface area contributed by atoms with Gasteiger partial charge in [-0.3, -0.25) is 4.79 Å². The standard InChI is InChI=1S/C14H26N2O4S/c1-20-11-4-12-21(18,19)16-9-7-15(8-10-16)14(17)13-5-2-3-6-13/h13H,2-12H2,1H3. The molecule has 2 aliphatic rings. The van der Waals surface area contributed by atoms with Crippen molar-refractivity contribution in [1.82, 2.24) is 9.21 Å². The molecule has 0 aromatic carbocycles. The summed E-state index contributed by atoms with van der Waals surface area (Å²) in [6, 6.07) is 0. The van der Waals surface area contributed by atoms with E-state index in [0.29, 0.717) is 39.2 Å². The summed E-state index contributed by atoms with van der Waals surface area (Å²) < 4.78 is 30.7. The van der Waals surface area contributed by atoms with Crippen LogP contribution in [0.5, 0.6) is 0 Å². The van der Waals surface area contributed by atoms with Crippen LogP contribution in [-0.4, -0.2) is 69.2 Å². The molecule has 1 aliphatic carbocycles. The molecule has 1 saturated carbocycles. The molecule has 1 saturated heterocycles. The van der Waals surface area contributed by atoms with E-state index in [9.17, 15) is 13.2 Å². The Balaban J connectivity index is 1.80. The molecule has 0 N–H and O–H groups in total. The molecule has 0 unspecified atom stereocenters. The second-order valence-corrected chi connectivity index (χ2v) is 7.96. The lowest BCUT2D eigenvalue weighted by atomic mass is 10.1. The first-order valence-electron chi connectivity index (χ1n) is 7.80. The summed E-state index contributed by atoms with van der Waals surface area (Å²) in [6.07, 6.45) is 4.79. The number of carbonyl (C=O) groups excluding carboxylic acids is 1. The van der Waals surface area contributed by atoms with Crippen LogP contribution in [0.25, 0.3) is 0 Å². The monoisotopic (exact) mass is 318 g/mol.